The molecule has 0 saturated carbocycles. The molecule has 0 aliphatic heterocycles. The zero-order valence-electron chi connectivity index (χ0n) is 10.2. The van der Waals surface area contributed by atoms with E-state index in [1.165, 1.54) is 12.1 Å². The lowest BCUT2D eigenvalue weighted by Gasteiger charge is -2.20. The summed E-state index contributed by atoms with van der Waals surface area (Å²) in [4.78, 5) is 0. The fourth-order valence-electron chi connectivity index (χ4n) is 1.39. The molecular formula is C11H10F3N5. The molecular weight excluding hydrogens is 259 g/mol. The zero-order chi connectivity index (χ0) is 14.3. The van der Waals surface area contributed by atoms with Crippen molar-refractivity contribution in [3.05, 3.63) is 18.0 Å². The molecule has 1 N–H and O–H groups in total. The molecule has 0 atom stereocenters. The Labute approximate surface area is 106 Å². The highest BCUT2D eigenvalue weighted by Gasteiger charge is 2.37. The minimum absolute atomic E-state index is 0.0105. The van der Waals surface area contributed by atoms with Gasteiger partial charge in [0.15, 0.2) is 5.65 Å². The minimum atomic E-state index is -4.62. The van der Waals surface area contributed by atoms with Crippen LogP contribution in [-0.4, -0.2) is 25.4 Å². The minimum Gasteiger partial charge on any atom is -0.353 e. The molecule has 0 fully saturated rings. The first-order valence-corrected chi connectivity index (χ1v) is 5.28. The lowest BCUT2D eigenvalue weighted by Crippen LogP contribution is -2.29. The standard InChI is InChI=1S/C11H10F3N5/c1-4-10(2,3)15-7-5-6-8-16-17-9(11(12,13)14)19(8)18-7/h1,5-6H,2-3H3,(H,15,18). The summed E-state index contributed by atoms with van der Waals surface area (Å²) < 4.78 is 38.6. The predicted molar refractivity (Wildman–Crippen MR) is 62.3 cm³/mol. The molecule has 2 aromatic heterocycles. The summed E-state index contributed by atoms with van der Waals surface area (Å²) in [5, 5.41) is 13.1. The molecule has 0 aliphatic carbocycles. The number of nitrogens with zero attached hydrogens (tertiary/aromatic N) is 4. The molecule has 0 amide bonds. The normalized spacial score (nSPS) is 12.4. The SMILES string of the molecule is C#CC(C)(C)Nc1ccc2nnc(C(F)(F)F)n2n1. The second kappa shape index (κ2) is 4.12. The second-order valence-electron chi connectivity index (χ2n) is 4.40. The van der Waals surface area contributed by atoms with E-state index in [1.54, 1.807) is 13.8 Å². The zero-order valence-corrected chi connectivity index (χ0v) is 10.2. The number of aromatic nitrogens is 4. The van der Waals surface area contributed by atoms with Crippen LogP contribution in [0.1, 0.15) is 19.7 Å². The van der Waals surface area contributed by atoms with Crippen molar-refractivity contribution >= 4 is 11.5 Å². The summed E-state index contributed by atoms with van der Waals surface area (Å²) in [7, 11) is 0. The molecule has 0 spiro atoms. The van der Waals surface area contributed by atoms with E-state index in [1.807, 2.05) is 0 Å². The lowest BCUT2D eigenvalue weighted by atomic mass is 10.1. The van der Waals surface area contributed by atoms with E-state index < -0.39 is 17.5 Å². The van der Waals surface area contributed by atoms with E-state index in [0.29, 0.717) is 4.52 Å². The van der Waals surface area contributed by atoms with Gasteiger partial charge in [-0.1, -0.05) is 5.92 Å². The lowest BCUT2D eigenvalue weighted by molar-refractivity contribution is -0.146. The second-order valence-corrected chi connectivity index (χ2v) is 4.40. The first kappa shape index (κ1) is 13.1. The van der Waals surface area contributed by atoms with Crippen molar-refractivity contribution in [2.75, 3.05) is 5.32 Å². The average Bonchev–Trinajstić information content (AvgIpc) is 2.71. The topological polar surface area (TPSA) is 55.1 Å². The molecule has 0 aliphatic rings. The van der Waals surface area contributed by atoms with Crippen LogP contribution in [0.4, 0.5) is 19.0 Å². The Bertz CT molecular complexity index is 650. The van der Waals surface area contributed by atoms with Crippen molar-refractivity contribution in [1.82, 2.24) is 19.8 Å². The van der Waals surface area contributed by atoms with Crippen molar-refractivity contribution in [2.45, 2.75) is 25.6 Å². The maximum atomic E-state index is 12.7. The largest absolute Gasteiger partial charge is 0.453 e. The number of alkyl halides is 3. The Morgan fingerprint density at radius 3 is 2.53 bits per heavy atom. The van der Waals surface area contributed by atoms with E-state index in [-0.39, 0.29) is 11.5 Å². The average molecular weight is 269 g/mol. The molecule has 19 heavy (non-hydrogen) atoms. The predicted octanol–water partition coefficient (Wildman–Crippen LogP) is 1.97. The maximum absolute atomic E-state index is 12.7. The first-order chi connectivity index (χ1) is 8.73. The Hall–Kier alpha value is -2.30. The number of terminal acetylenes is 1. The third-order valence-electron chi connectivity index (χ3n) is 2.32. The van der Waals surface area contributed by atoms with Gasteiger partial charge < -0.3 is 5.32 Å². The monoisotopic (exact) mass is 269 g/mol. The van der Waals surface area contributed by atoms with Gasteiger partial charge in [0.1, 0.15) is 5.82 Å². The van der Waals surface area contributed by atoms with Gasteiger partial charge in [0, 0.05) is 0 Å². The van der Waals surface area contributed by atoms with E-state index in [0.717, 1.165) is 0 Å². The summed E-state index contributed by atoms with van der Waals surface area (Å²) in [6.07, 6.45) is 0.676. The van der Waals surface area contributed by atoms with E-state index >= 15 is 0 Å². The van der Waals surface area contributed by atoms with Crippen LogP contribution in [0.15, 0.2) is 12.1 Å². The molecule has 0 bridgehead atoms. The molecule has 0 radical (unpaired) electrons. The third kappa shape index (κ3) is 2.59. The first-order valence-electron chi connectivity index (χ1n) is 5.28. The highest BCUT2D eigenvalue weighted by atomic mass is 19.4. The molecule has 0 saturated heterocycles. The number of nitrogens with one attached hydrogen (secondary N) is 1. The number of rotatable bonds is 2. The Balaban J connectivity index is 2.48. The van der Waals surface area contributed by atoms with Gasteiger partial charge in [0.25, 0.3) is 5.82 Å². The Morgan fingerprint density at radius 1 is 1.26 bits per heavy atom. The van der Waals surface area contributed by atoms with Gasteiger partial charge in [0.05, 0.1) is 5.54 Å². The van der Waals surface area contributed by atoms with Gasteiger partial charge in [0.2, 0.25) is 0 Å². The Morgan fingerprint density at radius 2 is 1.95 bits per heavy atom. The van der Waals surface area contributed by atoms with Gasteiger partial charge in [-0.15, -0.1) is 21.7 Å². The quantitative estimate of drug-likeness (QED) is 0.847. The molecule has 2 heterocycles. The molecule has 0 aromatic carbocycles. The van der Waals surface area contributed by atoms with Gasteiger partial charge in [-0.25, -0.2) is 0 Å². The highest BCUT2D eigenvalue weighted by molar-refractivity contribution is 5.46. The van der Waals surface area contributed by atoms with Crippen molar-refractivity contribution in [3.8, 4) is 12.3 Å². The van der Waals surface area contributed by atoms with Crippen molar-refractivity contribution in [2.24, 2.45) is 0 Å². The van der Waals surface area contributed by atoms with Crippen LogP contribution in [-0.2, 0) is 6.18 Å². The number of anilines is 1. The van der Waals surface area contributed by atoms with Gasteiger partial charge in [-0.2, -0.15) is 17.7 Å². The number of hydrogen-bond acceptors (Lipinski definition) is 4. The van der Waals surface area contributed by atoms with Crippen molar-refractivity contribution in [3.63, 3.8) is 0 Å². The third-order valence-corrected chi connectivity index (χ3v) is 2.32. The van der Waals surface area contributed by atoms with E-state index in [4.69, 9.17) is 6.42 Å². The summed E-state index contributed by atoms with van der Waals surface area (Å²) in [6.45, 7) is 3.41. The fourth-order valence-corrected chi connectivity index (χ4v) is 1.39. The van der Waals surface area contributed by atoms with Gasteiger partial charge >= 0.3 is 6.18 Å². The smallest absolute Gasteiger partial charge is 0.353 e. The molecule has 8 heteroatoms. The molecule has 2 aromatic rings. The number of hydrogen-bond donors (Lipinski definition) is 1. The Kier molecular flexibility index (Phi) is 2.85. The summed E-state index contributed by atoms with van der Waals surface area (Å²) >= 11 is 0. The van der Waals surface area contributed by atoms with Crippen LogP contribution in [0.2, 0.25) is 0 Å². The van der Waals surface area contributed by atoms with Crippen LogP contribution >= 0.6 is 0 Å². The van der Waals surface area contributed by atoms with Gasteiger partial charge in [-0.3, -0.25) is 0 Å². The van der Waals surface area contributed by atoms with Crippen molar-refractivity contribution in [1.29, 1.82) is 0 Å². The number of halogens is 3. The highest BCUT2D eigenvalue weighted by Crippen LogP contribution is 2.27. The van der Waals surface area contributed by atoms with Crippen LogP contribution in [0.3, 0.4) is 0 Å². The fraction of sp³-hybridized carbons (Fsp3) is 0.364. The molecule has 5 nitrogen and oxygen atoms in total. The van der Waals surface area contributed by atoms with Crippen LogP contribution < -0.4 is 5.32 Å². The number of fused-ring (bicyclic) bond motifs is 1. The maximum Gasteiger partial charge on any atom is 0.453 e. The van der Waals surface area contributed by atoms with Crippen LogP contribution in [0.25, 0.3) is 5.65 Å². The van der Waals surface area contributed by atoms with Gasteiger partial charge in [-0.05, 0) is 26.0 Å². The summed E-state index contributed by atoms with van der Waals surface area (Å²) in [5.41, 5.74) is -0.719. The van der Waals surface area contributed by atoms with E-state index in [9.17, 15) is 13.2 Å². The van der Waals surface area contributed by atoms with E-state index in [2.05, 4.69) is 26.5 Å². The van der Waals surface area contributed by atoms with Crippen molar-refractivity contribution < 1.29 is 13.2 Å². The van der Waals surface area contributed by atoms with Crippen LogP contribution in [0, 0.1) is 12.3 Å². The molecule has 2 rings (SSSR count). The van der Waals surface area contributed by atoms with Crippen LogP contribution in [0.5, 0.6) is 0 Å². The molecule has 0 unspecified atom stereocenters. The summed E-state index contributed by atoms with van der Waals surface area (Å²) in [5.74, 6) is 1.50. The molecule has 100 valence electrons. The summed E-state index contributed by atoms with van der Waals surface area (Å²) in [6, 6.07) is 2.87.